The number of nitrogens with one attached hydrogen (secondary N) is 1. The first-order valence-electron chi connectivity index (χ1n) is 10.7. The summed E-state index contributed by atoms with van der Waals surface area (Å²) in [6.45, 7) is 7.80. The highest BCUT2D eigenvalue weighted by molar-refractivity contribution is 5.71. The molecule has 2 aromatic carbocycles. The van der Waals surface area contributed by atoms with Gasteiger partial charge in [-0.05, 0) is 57.4 Å². The molecule has 0 saturated carbocycles. The third-order valence-electron chi connectivity index (χ3n) is 4.96. The minimum Gasteiger partial charge on any atom is -0.468 e. The van der Waals surface area contributed by atoms with Crippen molar-refractivity contribution >= 4 is 12.1 Å². The van der Waals surface area contributed by atoms with Crippen LogP contribution in [-0.2, 0) is 20.7 Å². The summed E-state index contributed by atoms with van der Waals surface area (Å²) in [5.41, 5.74) is 1.25. The molecular weight excluding hydrogens is 411 g/mol. The van der Waals surface area contributed by atoms with E-state index in [0.717, 1.165) is 11.1 Å². The van der Waals surface area contributed by atoms with Gasteiger partial charge in [0.2, 0.25) is 0 Å². The summed E-state index contributed by atoms with van der Waals surface area (Å²) in [5.74, 6) is -0.694. The third kappa shape index (κ3) is 8.67. The molecule has 2 atom stereocenters. The second-order valence-corrected chi connectivity index (χ2v) is 8.77. The average Bonchev–Trinajstić information content (AvgIpc) is 2.73. The van der Waals surface area contributed by atoms with Gasteiger partial charge in [-0.15, -0.1) is 0 Å². The molecule has 0 aliphatic carbocycles. The number of halogens is 1. The van der Waals surface area contributed by atoms with E-state index in [-0.39, 0.29) is 30.4 Å². The molecule has 2 unspecified atom stereocenters. The number of alkyl carbamates (subject to hydrolysis) is 1. The Kier molecular flexibility index (Phi) is 9.20. The van der Waals surface area contributed by atoms with Crippen LogP contribution in [0.1, 0.15) is 44.9 Å². The van der Waals surface area contributed by atoms with Crippen molar-refractivity contribution in [1.82, 2.24) is 10.2 Å². The van der Waals surface area contributed by atoms with Gasteiger partial charge in [0.15, 0.2) is 0 Å². The Labute approximate surface area is 189 Å². The van der Waals surface area contributed by atoms with E-state index >= 15 is 0 Å². The summed E-state index contributed by atoms with van der Waals surface area (Å²) >= 11 is 0. The first kappa shape index (κ1) is 25.3. The van der Waals surface area contributed by atoms with E-state index in [1.807, 2.05) is 42.2 Å². The van der Waals surface area contributed by atoms with Gasteiger partial charge in [0.1, 0.15) is 11.4 Å². The van der Waals surface area contributed by atoms with Crippen LogP contribution in [-0.4, -0.2) is 48.8 Å². The standard InChI is InChI=1S/C25H33FN2O4/c1-18(20-9-7-6-8-10-20)28(17-23(29)31-5)16-22(27-24(30)32-25(2,3)4)15-19-11-13-21(26)14-12-19/h6-14,18,22H,15-17H2,1-5H3,(H,27,30). The van der Waals surface area contributed by atoms with Crippen LogP contribution in [0, 0.1) is 5.82 Å². The van der Waals surface area contributed by atoms with E-state index in [1.54, 1.807) is 32.9 Å². The highest BCUT2D eigenvalue weighted by Crippen LogP contribution is 2.21. The molecule has 1 N–H and O–H groups in total. The van der Waals surface area contributed by atoms with Crippen LogP contribution < -0.4 is 5.32 Å². The highest BCUT2D eigenvalue weighted by Gasteiger charge is 2.26. The van der Waals surface area contributed by atoms with Crippen LogP contribution >= 0.6 is 0 Å². The lowest BCUT2D eigenvalue weighted by Gasteiger charge is -2.33. The van der Waals surface area contributed by atoms with Crippen LogP contribution in [0.25, 0.3) is 0 Å². The Hall–Kier alpha value is -2.93. The van der Waals surface area contributed by atoms with Gasteiger partial charge in [0.25, 0.3) is 0 Å². The summed E-state index contributed by atoms with van der Waals surface area (Å²) in [6, 6.07) is 15.5. The van der Waals surface area contributed by atoms with E-state index < -0.39 is 11.7 Å². The molecule has 174 valence electrons. The number of hydrogen-bond acceptors (Lipinski definition) is 5. The molecule has 0 aliphatic heterocycles. The number of esters is 1. The van der Waals surface area contributed by atoms with E-state index in [9.17, 15) is 14.0 Å². The van der Waals surface area contributed by atoms with Crippen LogP contribution in [0.5, 0.6) is 0 Å². The summed E-state index contributed by atoms with van der Waals surface area (Å²) in [5, 5.41) is 2.92. The number of amides is 1. The van der Waals surface area contributed by atoms with Gasteiger partial charge in [-0.2, -0.15) is 0 Å². The molecule has 0 aliphatic rings. The molecule has 2 rings (SSSR count). The topological polar surface area (TPSA) is 67.9 Å². The largest absolute Gasteiger partial charge is 0.468 e. The van der Waals surface area contributed by atoms with Gasteiger partial charge in [-0.1, -0.05) is 42.5 Å². The molecule has 32 heavy (non-hydrogen) atoms. The number of carbonyl (C=O) groups excluding carboxylic acids is 2. The summed E-state index contributed by atoms with van der Waals surface area (Å²) in [6.07, 6.45) is -0.103. The van der Waals surface area contributed by atoms with E-state index in [0.29, 0.717) is 13.0 Å². The Morgan fingerprint density at radius 2 is 1.69 bits per heavy atom. The molecule has 0 heterocycles. The zero-order chi connectivity index (χ0) is 23.7. The first-order chi connectivity index (χ1) is 15.1. The Morgan fingerprint density at radius 3 is 2.25 bits per heavy atom. The monoisotopic (exact) mass is 444 g/mol. The van der Waals surface area contributed by atoms with Crippen molar-refractivity contribution in [3.05, 3.63) is 71.5 Å². The molecule has 0 aromatic heterocycles. The van der Waals surface area contributed by atoms with Crippen molar-refractivity contribution in [2.75, 3.05) is 20.2 Å². The number of nitrogens with zero attached hydrogens (tertiary/aromatic N) is 1. The smallest absolute Gasteiger partial charge is 0.407 e. The maximum Gasteiger partial charge on any atom is 0.407 e. The average molecular weight is 445 g/mol. The van der Waals surface area contributed by atoms with Crippen LogP contribution in [0.3, 0.4) is 0 Å². The molecule has 0 fully saturated rings. The molecule has 0 bridgehead atoms. The van der Waals surface area contributed by atoms with Gasteiger partial charge in [-0.3, -0.25) is 9.69 Å². The van der Waals surface area contributed by atoms with E-state index in [2.05, 4.69) is 5.32 Å². The van der Waals surface area contributed by atoms with Crippen molar-refractivity contribution in [2.24, 2.45) is 0 Å². The fraction of sp³-hybridized carbons (Fsp3) is 0.440. The molecule has 7 heteroatoms. The molecule has 0 spiro atoms. The molecule has 0 radical (unpaired) electrons. The number of rotatable bonds is 9. The number of carbonyl (C=O) groups is 2. The number of ether oxygens (including phenoxy) is 2. The normalized spacial score (nSPS) is 13.3. The Morgan fingerprint density at radius 1 is 1.06 bits per heavy atom. The Balaban J connectivity index is 2.26. The molecule has 1 amide bonds. The molecule has 0 saturated heterocycles. The summed E-state index contributed by atoms with van der Waals surface area (Å²) in [7, 11) is 1.35. The van der Waals surface area contributed by atoms with E-state index in [1.165, 1.54) is 19.2 Å². The summed E-state index contributed by atoms with van der Waals surface area (Å²) < 4.78 is 23.7. The number of methoxy groups -OCH3 is 1. The lowest BCUT2D eigenvalue weighted by atomic mass is 10.0. The predicted octanol–water partition coefficient (Wildman–Crippen LogP) is 4.50. The van der Waals surface area contributed by atoms with Crippen LogP contribution in [0.2, 0.25) is 0 Å². The minimum atomic E-state index is -0.645. The molecular formula is C25H33FN2O4. The maximum absolute atomic E-state index is 13.4. The van der Waals surface area contributed by atoms with Gasteiger partial charge < -0.3 is 14.8 Å². The second-order valence-electron chi connectivity index (χ2n) is 8.77. The lowest BCUT2D eigenvalue weighted by molar-refractivity contribution is -0.142. The van der Waals surface area contributed by atoms with Crippen molar-refractivity contribution in [3.8, 4) is 0 Å². The fourth-order valence-electron chi connectivity index (χ4n) is 3.36. The van der Waals surface area contributed by atoms with Gasteiger partial charge in [-0.25, -0.2) is 9.18 Å². The zero-order valence-corrected chi connectivity index (χ0v) is 19.4. The Bertz CT molecular complexity index is 866. The van der Waals surface area contributed by atoms with Crippen molar-refractivity contribution < 1.29 is 23.5 Å². The highest BCUT2D eigenvalue weighted by atomic mass is 19.1. The quantitative estimate of drug-likeness (QED) is 0.577. The SMILES string of the molecule is COC(=O)CN(CC(Cc1ccc(F)cc1)NC(=O)OC(C)(C)C)C(C)c1ccccc1. The second kappa shape index (κ2) is 11.6. The van der Waals surface area contributed by atoms with Gasteiger partial charge in [0, 0.05) is 18.6 Å². The van der Waals surface area contributed by atoms with Crippen molar-refractivity contribution in [1.29, 1.82) is 0 Å². The van der Waals surface area contributed by atoms with Gasteiger partial charge in [0.05, 0.1) is 13.7 Å². The van der Waals surface area contributed by atoms with Gasteiger partial charge >= 0.3 is 12.1 Å². The summed E-state index contributed by atoms with van der Waals surface area (Å²) in [4.78, 5) is 26.6. The van der Waals surface area contributed by atoms with E-state index in [4.69, 9.17) is 9.47 Å². The molecule has 2 aromatic rings. The first-order valence-corrected chi connectivity index (χ1v) is 10.7. The number of benzene rings is 2. The van der Waals surface area contributed by atoms with Crippen LogP contribution in [0.15, 0.2) is 54.6 Å². The predicted molar refractivity (Wildman–Crippen MR) is 122 cm³/mol. The van der Waals surface area contributed by atoms with Crippen molar-refractivity contribution in [2.45, 2.75) is 51.8 Å². The zero-order valence-electron chi connectivity index (χ0n) is 19.4. The lowest BCUT2D eigenvalue weighted by Crippen LogP contribution is -2.48. The van der Waals surface area contributed by atoms with Crippen molar-refractivity contribution in [3.63, 3.8) is 0 Å². The molecule has 6 nitrogen and oxygen atoms in total. The number of hydrogen-bond donors (Lipinski definition) is 1. The maximum atomic E-state index is 13.4. The minimum absolute atomic E-state index is 0.0580. The fourth-order valence-corrected chi connectivity index (χ4v) is 3.36. The van der Waals surface area contributed by atoms with Crippen LogP contribution in [0.4, 0.5) is 9.18 Å². The third-order valence-corrected chi connectivity index (χ3v) is 4.96.